The molecule has 0 aliphatic carbocycles. The lowest BCUT2D eigenvalue weighted by Gasteiger charge is -2.38. The Morgan fingerprint density at radius 2 is 2.24 bits per heavy atom. The third kappa shape index (κ3) is 3.83. The van der Waals surface area contributed by atoms with E-state index in [4.69, 9.17) is 4.74 Å². The van der Waals surface area contributed by atoms with Crippen LogP contribution in [0.5, 0.6) is 0 Å². The number of benzene rings is 1. The third-order valence-corrected chi connectivity index (χ3v) is 4.68. The molecule has 7 nitrogen and oxygen atoms in total. The maximum atomic E-state index is 12.8. The summed E-state index contributed by atoms with van der Waals surface area (Å²) in [6, 6.07) is 7.39. The van der Waals surface area contributed by atoms with Crippen molar-refractivity contribution in [1.82, 2.24) is 15.2 Å². The number of ether oxygens (including phenoxy) is 1. The smallest absolute Gasteiger partial charge is 0.253 e. The minimum absolute atomic E-state index is 0.00649. The molecule has 3 N–H and O–H groups in total. The maximum Gasteiger partial charge on any atom is 0.253 e. The van der Waals surface area contributed by atoms with E-state index < -0.39 is 0 Å². The van der Waals surface area contributed by atoms with Gasteiger partial charge in [-0.2, -0.15) is 0 Å². The highest BCUT2D eigenvalue weighted by Crippen LogP contribution is 2.21. The van der Waals surface area contributed by atoms with Crippen molar-refractivity contribution in [3.05, 3.63) is 36.0 Å². The van der Waals surface area contributed by atoms with Gasteiger partial charge in [-0.3, -0.25) is 9.59 Å². The zero-order valence-corrected chi connectivity index (χ0v) is 14.2. The lowest BCUT2D eigenvalue weighted by molar-refractivity contribution is -0.126. The van der Waals surface area contributed by atoms with Gasteiger partial charge in [-0.15, -0.1) is 0 Å². The second-order valence-corrected chi connectivity index (χ2v) is 6.37. The Bertz CT molecular complexity index is 758. The van der Waals surface area contributed by atoms with E-state index in [0.717, 1.165) is 10.9 Å². The van der Waals surface area contributed by atoms with Gasteiger partial charge in [-0.05, 0) is 30.0 Å². The van der Waals surface area contributed by atoms with Crippen molar-refractivity contribution in [2.24, 2.45) is 5.92 Å². The summed E-state index contributed by atoms with van der Waals surface area (Å²) < 4.78 is 4.82. The number of aromatic amines is 1. The van der Waals surface area contributed by atoms with Crippen molar-refractivity contribution < 1.29 is 19.4 Å². The number of aliphatic hydroxyl groups is 1. The van der Waals surface area contributed by atoms with Gasteiger partial charge in [0.1, 0.15) is 6.61 Å². The molecule has 1 aliphatic heterocycles. The molecule has 2 heterocycles. The Morgan fingerprint density at radius 1 is 1.40 bits per heavy atom. The summed E-state index contributed by atoms with van der Waals surface area (Å²) >= 11 is 0. The summed E-state index contributed by atoms with van der Waals surface area (Å²) in [7, 11) is 1.46. The minimum atomic E-state index is -0.206. The van der Waals surface area contributed by atoms with Crippen molar-refractivity contribution in [2.45, 2.75) is 12.5 Å². The lowest BCUT2D eigenvalue weighted by Crippen LogP contribution is -2.54. The highest BCUT2D eigenvalue weighted by molar-refractivity contribution is 5.98. The van der Waals surface area contributed by atoms with Gasteiger partial charge in [-0.25, -0.2) is 0 Å². The van der Waals surface area contributed by atoms with E-state index in [-0.39, 0.29) is 37.0 Å². The number of rotatable bonds is 5. The van der Waals surface area contributed by atoms with E-state index in [0.29, 0.717) is 25.1 Å². The van der Waals surface area contributed by atoms with E-state index in [2.05, 4.69) is 10.3 Å². The Hall–Kier alpha value is -2.38. The number of aliphatic hydroxyl groups excluding tert-OH is 1. The fraction of sp³-hybridized carbons (Fsp3) is 0.444. The van der Waals surface area contributed by atoms with Crippen LogP contribution >= 0.6 is 0 Å². The number of fused-ring (bicyclic) bond motifs is 1. The monoisotopic (exact) mass is 345 g/mol. The van der Waals surface area contributed by atoms with Gasteiger partial charge in [0.15, 0.2) is 0 Å². The van der Waals surface area contributed by atoms with Crippen molar-refractivity contribution in [3.8, 4) is 0 Å². The number of H-pyrrole nitrogens is 1. The molecular formula is C18H23N3O4. The average Bonchev–Trinajstić information content (AvgIpc) is 3.09. The second-order valence-electron chi connectivity index (χ2n) is 6.37. The Morgan fingerprint density at radius 3 is 3.00 bits per heavy atom. The van der Waals surface area contributed by atoms with Crippen LogP contribution < -0.4 is 5.32 Å². The minimum Gasteiger partial charge on any atom is -0.396 e. The van der Waals surface area contributed by atoms with Crippen LogP contribution in [0, 0.1) is 5.92 Å². The molecule has 25 heavy (non-hydrogen) atoms. The standard InChI is InChI=1S/C18H23N3O4/c1-25-11-17(23)20-15-5-7-21(9-14(15)10-22)18(24)13-3-2-12-4-6-19-16(12)8-13/h2-4,6,8,14-15,19,22H,5,7,9-11H2,1H3,(H,20,23)/t14-,15-/m1/s1. The molecular weight excluding hydrogens is 322 g/mol. The zero-order chi connectivity index (χ0) is 17.8. The van der Waals surface area contributed by atoms with Gasteiger partial charge in [0.2, 0.25) is 5.91 Å². The molecule has 3 rings (SSSR count). The van der Waals surface area contributed by atoms with Crippen molar-refractivity contribution in [2.75, 3.05) is 33.4 Å². The molecule has 1 aromatic carbocycles. The lowest BCUT2D eigenvalue weighted by atomic mass is 9.92. The maximum absolute atomic E-state index is 12.8. The number of piperidine rings is 1. The molecule has 1 saturated heterocycles. The Kier molecular flexibility index (Phi) is 5.35. The summed E-state index contributed by atoms with van der Waals surface area (Å²) in [6.07, 6.45) is 2.45. The van der Waals surface area contributed by atoms with Gasteiger partial charge < -0.3 is 25.0 Å². The SMILES string of the molecule is COCC(=O)N[C@@H]1CCN(C(=O)c2ccc3cc[nH]c3c2)C[C@@H]1CO. The van der Waals surface area contributed by atoms with Gasteiger partial charge >= 0.3 is 0 Å². The summed E-state index contributed by atoms with van der Waals surface area (Å²) in [5.74, 6) is -0.452. The number of likely N-dealkylation sites (tertiary alicyclic amines) is 1. The first-order chi connectivity index (χ1) is 12.1. The zero-order valence-electron chi connectivity index (χ0n) is 14.2. The van der Waals surface area contributed by atoms with Crippen LogP contribution in [0.4, 0.5) is 0 Å². The molecule has 2 aromatic rings. The number of aromatic nitrogens is 1. The number of hydrogen-bond donors (Lipinski definition) is 3. The van der Waals surface area contributed by atoms with Crippen molar-refractivity contribution in [3.63, 3.8) is 0 Å². The van der Waals surface area contributed by atoms with Gasteiger partial charge in [0.25, 0.3) is 5.91 Å². The fourth-order valence-corrected chi connectivity index (χ4v) is 3.33. The molecule has 2 amide bonds. The number of amides is 2. The molecule has 0 unspecified atom stereocenters. The van der Waals surface area contributed by atoms with E-state index in [9.17, 15) is 14.7 Å². The van der Waals surface area contributed by atoms with E-state index in [1.807, 2.05) is 30.5 Å². The highest BCUT2D eigenvalue weighted by Gasteiger charge is 2.32. The number of hydrogen-bond acceptors (Lipinski definition) is 4. The van der Waals surface area contributed by atoms with Crippen LogP contribution in [0.15, 0.2) is 30.5 Å². The fourth-order valence-electron chi connectivity index (χ4n) is 3.33. The van der Waals surface area contributed by atoms with Gasteiger partial charge in [-0.1, -0.05) is 6.07 Å². The first kappa shape index (κ1) is 17.4. The summed E-state index contributed by atoms with van der Waals surface area (Å²) in [6.45, 7) is 0.858. The first-order valence-corrected chi connectivity index (χ1v) is 8.38. The van der Waals surface area contributed by atoms with Crippen molar-refractivity contribution >= 4 is 22.7 Å². The highest BCUT2D eigenvalue weighted by atomic mass is 16.5. The number of nitrogens with zero attached hydrogens (tertiary/aromatic N) is 1. The average molecular weight is 345 g/mol. The first-order valence-electron chi connectivity index (χ1n) is 8.38. The van der Waals surface area contributed by atoms with Crippen LogP contribution in [0.3, 0.4) is 0 Å². The van der Waals surface area contributed by atoms with Crippen LogP contribution in [0.25, 0.3) is 10.9 Å². The van der Waals surface area contributed by atoms with Crippen LogP contribution in [0.2, 0.25) is 0 Å². The molecule has 134 valence electrons. The number of carbonyl (C=O) groups excluding carboxylic acids is 2. The second kappa shape index (κ2) is 7.67. The van der Waals surface area contributed by atoms with E-state index >= 15 is 0 Å². The largest absolute Gasteiger partial charge is 0.396 e. The molecule has 0 radical (unpaired) electrons. The molecule has 2 atom stereocenters. The van der Waals surface area contributed by atoms with Gasteiger partial charge in [0, 0.05) is 56.0 Å². The van der Waals surface area contributed by atoms with E-state index in [1.54, 1.807) is 4.90 Å². The Balaban J connectivity index is 1.67. The molecule has 0 saturated carbocycles. The molecule has 7 heteroatoms. The predicted molar refractivity (Wildman–Crippen MR) is 93.2 cm³/mol. The summed E-state index contributed by atoms with van der Waals surface area (Å²) in [5.41, 5.74) is 1.54. The molecule has 0 spiro atoms. The Labute approximate surface area is 146 Å². The topological polar surface area (TPSA) is 94.7 Å². The predicted octanol–water partition coefficient (Wildman–Crippen LogP) is 0.753. The number of methoxy groups -OCH3 is 1. The number of nitrogens with one attached hydrogen (secondary N) is 2. The quantitative estimate of drug-likeness (QED) is 0.745. The van der Waals surface area contributed by atoms with Crippen molar-refractivity contribution in [1.29, 1.82) is 0 Å². The summed E-state index contributed by atoms with van der Waals surface area (Å²) in [5, 5.41) is 13.6. The van der Waals surface area contributed by atoms with E-state index in [1.165, 1.54) is 7.11 Å². The number of carbonyl (C=O) groups is 2. The van der Waals surface area contributed by atoms with Crippen LogP contribution in [-0.4, -0.2) is 66.3 Å². The molecule has 0 bridgehead atoms. The van der Waals surface area contributed by atoms with Gasteiger partial charge in [0.05, 0.1) is 0 Å². The molecule has 1 aromatic heterocycles. The molecule has 1 fully saturated rings. The third-order valence-electron chi connectivity index (χ3n) is 4.68. The summed E-state index contributed by atoms with van der Waals surface area (Å²) in [4.78, 5) is 29.3. The van der Waals surface area contributed by atoms with Crippen LogP contribution in [-0.2, 0) is 9.53 Å². The molecule has 1 aliphatic rings. The van der Waals surface area contributed by atoms with Crippen LogP contribution in [0.1, 0.15) is 16.8 Å². The normalized spacial score (nSPS) is 20.6.